The number of hydrogen-bond acceptors (Lipinski definition) is 3. The Bertz CT molecular complexity index is 954. The molecule has 0 atom stereocenters. The monoisotopic (exact) mass is 444 g/mol. The van der Waals surface area contributed by atoms with Gasteiger partial charge in [-0.15, -0.1) is 35.3 Å². The van der Waals surface area contributed by atoms with Gasteiger partial charge in [-0.2, -0.15) is 0 Å². The molecule has 0 saturated carbocycles. The van der Waals surface area contributed by atoms with E-state index in [1.807, 2.05) is 0 Å². The van der Waals surface area contributed by atoms with Crippen LogP contribution in [0.2, 0.25) is 0 Å². The molecule has 30 heavy (non-hydrogen) atoms. The van der Waals surface area contributed by atoms with E-state index in [9.17, 15) is 0 Å². The van der Waals surface area contributed by atoms with Crippen LogP contribution < -0.4 is 0 Å². The van der Waals surface area contributed by atoms with Crippen molar-refractivity contribution in [1.82, 2.24) is 0 Å². The minimum absolute atomic E-state index is 1.25. The molecule has 0 nitrogen and oxygen atoms in total. The predicted molar refractivity (Wildman–Crippen MR) is 138 cm³/mol. The summed E-state index contributed by atoms with van der Waals surface area (Å²) in [6.07, 6.45) is 6.35. The van der Waals surface area contributed by atoms with E-state index < -0.39 is 0 Å². The summed E-state index contributed by atoms with van der Waals surface area (Å²) in [7, 11) is 0. The van der Waals surface area contributed by atoms with E-state index in [-0.39, 0.29) is 0 Å². The van der Waals surface area contributed by atoms with E-state index in [4.69, 9.17) is 0 Å². The summed E-state index contributed by atoms with van der Waals surface area (Å²) in [6, 6.07) is 33.5. The highest BCUT2D eigenvalue weighted by molar-refractivity contribution is 7.99. The van der Waals surface area contributed by atoms with Crippen LogP contribution in [0.3, 0.4) is 0 Å². The van der Waals surface area contributed by atoms with Crippen molar-refractivity contribution in [2.24, 2.45) is 0 Å². The van der Waals surface area contributed by atoms with Crippen molar-refractivity contribution in [3.05, 3.63) is 91.0 Å². The van der Waals surface area contributed by atoms with E-state index in [0.717, 1.165) is 0 Å². The molecule has 0 unspecified atom stereocenters. The van der Waals surface area contributed by atoms with Crippen molar-refractivity contribution in [1.29, 1.82) is 0 Å². The average Bonchev–Trinajstić information content (AvgIpc) is 2.84. The second-order valence-corrected chi connectivity index (χ2v) is 9.62. The van der Waals surface area contributed by atoms with Gasteiger partial charge >= 0.3 is 0 Å². The maximum atomic E-state index is 2.31. The van der Waals surface area contributed by atoms with Gasteiger partial charge in [0.1, 0.15) is 0 Å². The molecule has 0 N–H and O–H groups in total. The first kappa shape index (κ1) is 21.2. The third-order valence-corrected chi connectivity index (χ3v) is 7.43. The molecule has 0 fully saturated rings. The summed E-state index contributed by atoms with van der Waals surface area (Å²) in [6.45, 7) is 0. The minimum Gasteiger partial charge on any atom is -0.130 e. The lowest BCUT2D eigenvalue weighted by Gasteiger charge is -2.12. The fourth-order valence-electron chi connectivity index (χ4n) is 3.48. The Hall–Kier alpha value is -2.07. The fourth-order valence-corrected chi connectivity index (χ4v) is 4.70. The summed E-state index contributed by atoms with van der Waals surface area (Å²) in [5, 5.41) is 0. The van der Waals surface area contributed by atoms with Gasteiger partial charge in [0.25, 0.3) is 0 Å². The van der Waals surface area contributed by atoms with Crippen LogP contribution in [0.1, 0.15) is 0 Å². The Morgan fingerprint density at radius 3 is 0.767 bits per heavy atom. The third kappa shape index (κ3) is 4.80. The van der Waals surface area contributed by atoms with Gasteiger partial charge in [-0.1, -0.05) is 36.4 Å². The van der Waals surface area contributed by atoms with E-state index >= 15 is 0 Å². The largest absolute Gasteiger partial charge is 0.130 e. The third-order valence-electron chi connectivity index (χ3n) is 5.20. The van der Waals surface area contributed by atoms with Crippen molar-refractivity contribution < 1.29 is 0 Å². The minimum atomic E-state index is 1.25. The smallest absolute Gasteiger partial charge is 0.00695 e. The summed E-state index contributed by atoms with van der Waals surface area (Å²) in [5.74, 6) is 0. The molecule has 0 aliphatic heterocycles. The van der Waals surface area contributed by atoms with Gasteiger partial charge in [0, 0.05) is 14.7 Å². The highest BCUT2D eigenvalue weighted by Gasteiger charge is 2.08. The lowest BCUT2D eigenvalue weighted by atomic mass is 9.93. The molecule has 4 aromatic rings. The second-order valence-electron chi connectivity index (χ2n) is 6.98. The standard InChI is InChI=1S/C27H24S3/c1-28-25-10-4-19(5-11-25)22-16-23(20-6-12-26(29-2)13-7-20)18-24(17-22)21-8-14-27(30-3)15-9-21/h4-18H,1-3H3. The van der Waals surface area contributed by atoms with Crippen LogP contribution in [0.5, 0.6) is 0 Å². The number of rotatable bonds is 6. The molecular formula is C27H24S3. The molecular weight excluding hydrogens is 420 g/mol. The normalized spacial score (nSPS) is 10.9. The zero-order valence-corrected chi connectivity index (χ0v) is 19.8. The molecule has 0 radical (unpaired) electrons. The molecule has 0 aliphatic rings. The van der Waals surface area contributed by atoms with Gasteiger partial charge in [0.2, 0.25) is 0 Å². The molecule has 0 bridgehead atoms. The first-order valence-electron chi connectivity index (χ1n) is 9.78. The van der Waals surface area contributed by atoms with Crippen LogP contribution in [0.15, 0.2) is 106 Å². The maximum Gasteiger partial charge on any atom is 0.00695 e. The zero-order chi connectivity index (χ0) is 20.9. The zero-order valence-electron chi connectivity index (χ0n) is 17.4. The fraction of sp³-hybridized carbons (Fsp3) is 0.111. The second kappa shape index (κ2) is 9.82. The average molecular weight is 445 g/mol. The van der Waals surface area contributed by atoms with Crippen LogP contribution in [0.4, 0.5) is 0 Å². The van der Waals surface area contributed by atoms with Crippen molar-refractivity contribution >= 4 is 35.3 Å². The van der Waals surface area contributed by atoms with Crippen molar-refractivity contribution in [2.45, 2.75) is 14.7 Å². The van der Waals surface area contributed by atoms with E-state index in [1.54, 1.807) is 35.3 Å². The Morgan fingerprint density at radius 2 is 0.567 bits per heavy atom. The van der Waals surface area contributed by atoms with Crippen molar-refractivity contribution in [3.63, 3.8) is 0 Å². The lowest BCUT2D eigenvalue weighted by Crippen LogP contribution is -1.87. The molecule has 0 spiro atoms. The molecule has 4 rings (SSSR count). The summed E-state index contributed by atoms with van der Waals surface area (Å²) < 4.78 is 0. The Labute approximate surface area is 192 Å². The molecule has 0 saturated heterocycles. The van der Waals surface area contributed by atoms with E-state index in [0.29, 0.717) is 0 Å². The van der Waals surface area contributed by atoms with E-state index in [1.165, 1.54) is 48.1 Å². The molecule has 3 heteroatoms. The van der Waals surface area contributed by atoms with Crippen LogP contribution in [-0.4, -0.2) is 18.8 Å². The number of thioether (sulfide) groups is 3. The van der Waals surface area contributed by atoms with Crippen LogP contribution >= 0.6 is 35.3 Å². The Balaban J connectivity index is 1.83. The first-order valence-corrected chi connectivity index (χ1v) is 13.5. The first-order chi connectivity index (χ1) is 14.7. The summed E-state index contributed by atoms with van der Waals surface area (Å²) in [5.41, 5.74) is 7.49. The topological polar surface area (TPSA) is 0 Å². The van der Waals surface area contributed by atoms with Gasteiger partial charge in [-0.05, 0) is 107 Å². The molecule has 150 valence electrons. The Kier molecular flexibility index (Phi) is 6.93. The van der Waals surface area contributed by atoms with Crippen molar-refractivity contribution in [3.8, 4) is 33.4 Å². The van der Waals surface area contributed by atoms with Gasteiger partial charge in [0.15, 0.2) is 0 Å². The molecule has 0 heterocycles. The van der Waals surface area contributed by atoms with Gasteiger partial charge in [0.05, 0.1) is 0 Å². The quantitative estimate of drug-likeness (QED) is 0.273. The summed E-state index contributed by atoms with van der Waals surface area (Å²) >= 11 is 5.33. The molecule has 0 aromatic heterocycles. The SMILES string of the molecule is CSc1ccc(-c2cc(-c3ccc(SC)cc3)cc(-c3ccc(SC)cc3)c2)cc1. The predicted octanol–water partition coefficient (Wildman–Crippen LogP) is 8.85. The number of benzene rings is 4. The van der Waals surface area contributed by atoms with Gasteiger partial charge < -0.3 is 0 Å². The highest BCUT2D eigenvalue weighted by Crippen LogP contribution is 2.34. The van der Waals surface area contributed by atoms with Gasteiger partial charge in [-0.3, -0.25) is 0 Å². The van der Waals surface area contributed by atoms with Crippen LogP contribution in [0, 0.1) is 0 Å². The summed E-state index contributed by atoms with van der Waals surface area (Å²) in [4.78, 5) is 3.86. The molecule has 4 aromatic carbocycles. The lowest BCUT2D eigenvalue weighted by molar-refractivity contribution is 1.44. The Morgan fingerprint density at radius 1 is 0.333 bits per heavy atom. The van der Waals surface area contributed by atoms with E-state index in [2.05, 4.69) is 110 Å². The van der Waals surface area contributed by atoms with Crippen LogP contribution in [-0.2, 0) is 0 Å². The molecule has 0 amide bonds. The maximum absolute atomic E-state index is 2.31. The van der Waals surface area contributed by atoms with Crippen molar-refractivity contribution in [2.75, 3.05) is 18.8 Å². The highest BCUT2D eigenvalue weighted by atomic mass is 32.2. The molecule has 0 aliphatic carbocycles. The number of hydrogen-bond donors (Lipinski definition) is 0. The van der Waals surface area contributed by atoms with Crippen LogP contribution in [0.25, 0.3) is 33.4 Å². The van der Waals surface area contributed by atoms with Gasteiger partial charge in [-0.25, -0.2) is 0 Å².